The fourth-order valence-corrected chi connectivity index (χ4v) is 3.61. The number of hydrogen-bond acceptors (Lipinski definition) is 4. The second kappa shape index (κ2) is 11.3. The van der Waals surface area contributed by atoms with Crippen LogP contribution in [0.3, 0.4) is 0 Å². The minimum atomic E-state index is -0.517. The van der Waals surface area contributed by atoms with Gasteiger partial charge in [0.25, 0.3) is 5.91 Å². The van der Waals surface area contributed by atoms with Gasteiger partial charge in [-0.3, -0.25) is 14.4 Å². The predicted octanol–water partition coefficient (Wildman–Crippen LogP) is 4.04. The average molecular weight is 425 g/mol. The van der Waals surface area contributed by atoms with Crippen LogP contribution < -0.4 is 10.6 Å². The van der Waals surface area contributed by atoms with Crippen LogP contribution in [0.25, 0.3) is 0 Å². The number of esters is 1. The lowest BCUT2D eigenvalue weighted by molar-refractivity contribution is -0.151. The molecule has 2 N–H and O–H groups in total. The van der Waals surface area contributed by atoms with Crippen LogP contribution in [-0.4, -0.2) is 30.9 Å². The summed E-state index contributed by atoms with van der Waals surface area (Å²) in [6.07, 6.45) is 0.804. The van der Waals surface area contributed by atoms with E-state index in [9.17, 15) is 14.4 Å². The van der Waals surface area contributed by atoms with Gasteiger partial charge < -0.3 is 15.4 Å². The quantitative estimate of drug-likeness (QED) is 0.595. The molecule has 2 atom stereocenters. The van der Waals surface area contributed by atoms with Gasteiger partial charge in [0, 0.05) is 5.69 Å². The molecule has 0 fully saturated rings. The summed E-state index contributed by atoms with van der Waals surface area (Å²) in [5.41, 5.74) is 4.65. The van der Waals surface area contributed by atoms with Crippen LogP contribution in [0.1, 0.15) is 48.4 Å². The van der Waals surface area contributed by atoms with E-state index in [1.807, 2.05) is 77.1 Å². The maximum Gasteiger partial charge on any atom is 0.314 e. The molecule has 166 valence electrons. The normalized spacial score (nSPS) is 12.5. The van der Waals surface area contributed by atoms with Crippen molar-refractivity contribution in [1.82, 2.24) is 5.32 Å². The Balaban J connectivity index is 1.87. The van der Waals surface area contributed by atoms with Crippen molar-refractivity contribution in [3.05, 3.63) is 64.7 Å². The Morgan fingerprint density at radius 1 is 0.968 bits per heavy atom. The largest absolute Gasteiger partial charge is 0.455 e. The number of hydrogen-bond donors (Lipinski definition) is 2. The fourth-order valence-electron chi connectivity index (χ4n) is 3.61. The number of amides is 2. The standard InChI is InChI=1S/C25H32N2O4/c1-6-17(3)23(20-10-8-7-9-11-20)25(30)31-15-22(29)26-14-21(28)27-24-18(4)12-16(2)13-19(24)5/h7-13,17,23H,6,14-15H2,1-5H3,(H,26,29)(H,27,28). The molecular formula is C25H32N2O4. The molecule has 31 heavy (non-hydrogen) atoms. The van der Waals surface area contributed by atoms with Gasteiger partial charge in [-0.05, 0) is 43.4 Å². The zero-order valence-electron chi connectivity index (χ0n) is 19.0. The molecule has 0 bridgehead atoms. The molecule has 0 heterocycles. The first-order chi connectivity index (χ1) is 14.7. The zero-order valence-corrected chi connectivity index (χ0v) is 19.0. The molecule has 2 aromatic carbocycles. The van der Waals surface area contributed by atoms with Gasteiger partial charge in [-0.15, -0.1) is 0 Å². The van der Waals surface area contributed by atoms with Crippen LogP contribution >= 0.6 is 0 Å². The van der Waals surface area contributed by atoms with Gasteiger partial charge in [-0.1, -0.05) is 68.3 Å². The molecular weight excluding hydrogens is 392 g/mol. The highest BCUT2D eigenvalue weighted by Crippen LogP contribution is 2.28. The van der Waals surface area contributed by atoms with Crippen molar-refractivity contribution >= 4 is 23.5 Å². The fraction of sp³-hybridized carbons (Fsp3) is 0.400. The van der Waals surface area contributed by atoms with E-state index >= 15 is 0 Å². The van der Waals surface area contributed by atoms with Gasteiger partial charge in [0.05, 0.1) is 12.5 Å². The van der Waals surface area contributed by atoms with Crippen molar-refractivity contribution in [2.75, 3.05) is 18.5 Å². The Morgan fingerprint density at radius 3 is 2.16 bits per heavy atom. The summed E-state index contributed by atoms with van der Waals surface area (Å²) < 4.78 is 5.26. The molecule has 0 aliphatic carbocycles. The molecule has 0 aliphatic heterocycles. The number of benzene rings is 2. The summed E-state index contributed by atoms with van der Waals surface area (Å²) in [6.45, 7) is 9.22. The zero-order chi connectivity index (χ0) is 23.0. The molecule has 0 aliphatic rings. The van der Waals surface area contributed by atoms with Crippen LogP contribution in [0.4, 0.5) is 5.69 Å². The lowest BCUT2D eigenvalue weighted by Gasteiger charge is -2.21. The van der Waals surface area contributed by atoms with Gasteiger partial charge in [0.1, 0.15) is 0 Å². The summed E-state index contributed by atoms with van der Waals surface area (Å²) in [7, 11) is 0. The van der Waals surface area contributed by atoms with Gasteiger partial charge in [-0.25, -0.2) is 0 Å². The van der Waals surface area contributed by atoms with Gasteiger partial charge >= 0.3 is 5.97 Å². The Hall–Kier alpha value is -3.15. The van der Waals surface area contributed by atoms with E-state index in [2.05, 4.69) is 10.6 Å². The minimum absolute atomic E-state index is 0.0738. The maximum atomic E-state index is 12.6. The molecule has 2 aromatic rings. The number of nitrogens with one attached hydrogen (secondary N) is 2. The number of anilines is 1. The van der Waals surface area contributed by atoms with E-state index in [1.54, 1.807) is 0 Å². The van der Waals surface area contributed by atoms with Crippen LogP contribution in [0.5, 0.6) is 0 Å². The number of ether oxygens (including phenoxy) is 1. The Bertz CT molecular complexity index is 901. The van der Waals surface area contributed by atoms with Crippen molar-refractivity contribution in [2.24, 2.45) is 5.92 Å². The SMILES string of the molecule is CCC(C)C(C(=O)OCC(=O)NCC(=O)Nc1c(C)cc(C)cc1C)c1ccccc1. The first-order valence-corrected chi connectivity index (χ1v) is 10.6. The van der Waals surface area contributed by atoms with Crippen molar-refractivity contribution < 1.29 is 19.1 Å². The smallest absolute Gasteiger partial charge is 0.314 e. The molecule has 0 saturated heterocycles. The lowest BCUT2D eigenvalue weighted by Crippen LogP contribution is -2.36. The summed E-state index contributed by atoms with van der Waals surface area (Å²) in [6, 6.07) is 13.4. The highest BCUT2D eigenvalue weighted by Gasteiger charge is 2.27. The monoisotopic (exact) mass is 424 g/mol. The molecule has 0 saturated carbocycles. The van der Waals surface area contributed by atoms with Crippen molar-refractivity contribution in [2.45, 2.75) is 47.0 Å². The van der Waals surface area contributed by atoms with E-state index in [-0.39, 0.29) is 18.4 Å². The van der Waals surface area contributed by atoms with Gasteiger partial charge in [-0.2, -0.15) is 0 Å². The van der Waals surface area contributed by atoms with Crippen molar-refractivity contribution in [3.63, 3.8) is 0 Å². The van der Waals surface area contributed by atoms with Crippen molar-refractivity contribution in [1.29, 1.82) is 0 Å². The van der Waals surface area contributed by atoms with Crippen molar-refractivity contribution in [3.8, 4) is 0 Å². The molecule has 0 radical (unpaired) electrons. The van der Waals surface area contributed by atoms with Crippen LogP contribution in [0.15, 0.2) is 42.5 Å². The molecule has 0 aromatic heterocycles. The minimum Gasteiger partial charge on any atom is -0.455 e. The first-order valence-electron chi connectivity index (χ1n) is 10.6. The van der Waals surface area contributed by atoms with E-state index in [4.69, 9.17) is 4.74 Å². The highest BCUT2D eigenvalue weighted by atomic mass is 16.5. The number of carbonyl (C=O) groups excluding carboxylic acids is 3. The third kappa shape index (κ3) is 6.95. The molecule has 2 rings (SSSR count). The number of aryl methyl sites for hydroxylation is 3. The average Bonchev–Trinajstić information content (AvgIpc) is 2.74. The number of carbonyl (C=O) groups is 3. The summed E-state index contributed by atoms with van der Waals surface area (Å²) in [5.74, 6) is -1.65. The Morgan fingerprint density at radius 2 is 1.58 bits per heavy atom. The Labute approximate surface area is 184 Å². The van der Waals surface area contributed by atoms with E-state index < -0.39 is 24.4 Å². The van der Waals surface area contributed by atoms with E-state index in [0.29, 0.717) is 0 Å². The summed E-state index contributed by atoms with van der Waals surface area (Å²) in [4.78, 5) is 37.0. The van der Waals surface area contributed by atoms with Gasteiger partial charge in [0.15, 0.2) is 6.61 Å². The molecule has 2 amide bonds. The first kappa shape index (κ1) is 24.1. The van der Waals surface area contributed by atoms with Crippen LogP contribution in [0.2, 0.25) is 0 Å². The lowest BCUT2D eigenvalue weighted by atomic mass is 9.86. The molecule has 6 heteroatoms. The molecule has 2 unspecified atom stereocenters. The third-order valence-corrected chi connectivity index (χ3v) is 5.36. The summed E-state index contributed by atoms with van der Waals surface area (Å²) >= 11 is 0. The van der Waals surface area contributed by atoms with Crippen LogP contribution in [0, 0.1) is 26.7 Å². The predicted molar refractivity (Wildman–Crippen MR) is 122 cm³/mol. The van der Waals surface area contributed by atoms with E-state index in [1.165, 1.54) is 0 Å². The topological polar surface area (TPSA) is 84.5 Å². The molecule has 6 nitrogen and oxygen atoms in total. The van der Waals surface area contributed by atoms with Crippen LogP contribution in [-0.2, 0) is 19.1 Å². The highest BCUT2D eigenvalue weighted by molar-refractivity contribution is 5.96. The second-order valence-corrected chi connectivity index (χ2v) is 7.98. The Kier molecular flexibility index (Phi) is 8.79. The molecule has 0 spiro atoms. The number of rotatable bonds is 9. The van der Waals surface area contributed by atoms with Gasteiger partial charge in [0.2, 0.25) is 5.91 Å². The summed E-state index contributed by atoms with van der Waals surface area (Å²) in [5, 5.41) is 5.33. The maximum absolute atomic E-state index is 12.6. The second-order valence-electron chi connectivity index (χ2n) is 7.98. The van der Waals surface area contributed by atoms with E-state index in [0.717, 1.165) is 34.4 Å². The third-order valence-electron chi connectivity index (χ3n) is 5.36.